The van der Waals surface area contributed by atoms with Gasteiger partial charge in [0.2, 0.25) is 0 Å². The molecule has 2 aliphatic rings. The van der Waals surface area contributed by atoms with E-state index >= 15 is 0 Å². The van der Waals surface area contributed by atoms with Gasteiger partial charge in [-0.05, 0) is 25.7 Å². The molecule has 0 radical (unpaired) electrons. The van der Waals surface area contributed by atoms with E-state index in [0.717, 1.165) is 25.1 Å². The molecule has 1 N–H and O–H groups in total. The Morgan fingerprint density at radius 2 is 1.94 bits per heavy atom. The van der Waals surface area contributed by atoms with Crippen LogP contribution >= 0.6 is 0 Å². The molecule has 1 fully saturated rings. The summed E-state index contributed by atoms with van der Waals surface area (Å²) in [6.45, 7) is 0. The Morgan fingerprint density at radius 3 is 2.69 bits per heavy atom. The van der Waals surface area contributed by atoms with E-state index in [2.05, 4.69) is 6.20 Å². The minimum atomic E-state index is -0.325. The molecule has 0 bridgehead atoms. The summed E-state index contributed by atoms with van der Waals surface area (Å²) in [6, 6.07) is 0. The maximum Gasteiger partial charge on any atom is 0.131 e. The number of hydrogen-bond donors (Lipinski definition) is 1. The lowest BCUT2D eigenvalue weighted by molar-refractivity contribution is 0.0780. The number of fused-ring (bicyclic) bond motifs is 1. The van der Waals surface area contributed by atoms with Gasteiger partial charge >= 0.3 is 0 Å². The van der Waals surface area contributed by atoms with Crippen molar-refractivity contribution in [2.24, 2.45) is 0 Å². The maximum absolute atomic E-state index is 9.90. The molecule has 2 heterocycles. The van der Waals surface area contributed by atoms with Crippen LogP contribution in [0.1, 0.15) is 68.6 Å². The predicted molar refractivity (Wildman–Crippen MR) is 62.2 cm³/mol. The first-order valence-electron chi connectivity index (χ1n) is 6.60. The Hall–Kier alpha value is -0.830. The van der Waals surface area contributed by atoms with Crippen LogP contribution in [0.5, 0.6) is 0 Å². The summed E-state index contributed by atoms with van der Waals surface area (Å²) >= 11 is 0. The van der Waals surface area contributed by atoms with Gasteiger partial charge in [0.25, 0.3) is 0 Å². The van der Waals surface area contributed by atoms with Gasteiger partial charge in [-0.1, -0.05) is 19.3 Å². The lowest BCUT2D eigenvalue weighted by Crippen LogP contribution is -2.16. The molecule has 0 aromatic carbocycles. The van der Waals surface area contributed by atoms with Gasteiger partial charge < -0.3 is 9.67 Å². The number of aryl methyl sites for hydroxylation is 1. The van der Waals surface area contributed by atoms with Gasteiger partial charge in [-0.2, -0.15) is 0 Å². The molecule has 3 nitrogen and oxygen atoms in total. The van der Waals surface area contributed by atoms with Gasteiger partial charge in [0.1, 0.15) is 12.1 Å². The van der Waals surface area contributed by atoms with E-state index in [1.807, 2.05) is 4.57 Å². The Bertz CT molecular complexity index is 366. The first kappa shape index (κ1) is 10.3. The quantitative estimate of drug-likeness (QED) is 0.790. The zero-order chi connectivity index (χ0) is 11.0. The van der Waals surface area contributed by atoms with E-state index in [4.69, 9.17) is 4.98 Å². The van der Waals surface area contributed by atoms with E-state index in [1.54, 1.807) is 0 Å². The highest BCUT2D eigenvalue weighted by molar-refractivity contribution is 5.12. The van der Waals surface area contributed by atoms with E-state index in [1.165, 1.54) is 37.8 Å². The SMILES string of the molecule is OC1CCCc2nc(C3CCCCC3)cn21. The molecule has 1 atom stereocenters. The van der Waals surface area contributed by atoms with Gasteiger partial charge in [0.05, 0.1) is 5.69 Å². The predicted octanol–water partition coefficient (Wildman–Crippen LogP) is 2.76. The van der Waals surface area contributed by atoms with Crippen LogP contribution in [0.15, 0.2) is 6.20 Å². The van der Waals surface area contributed by atoms with E-state index < -0.39 is 0 Å². The molecule has 3 heteroatoms. The number of aromatic nitrogens is 2. The first-order valence-corrected chi connectivity index (χ1v) is 6.60. The lowest BCUT2D eigenvalue weighted by atomic mass is 9.87. The van der Waals surface area contributed by atoms with Crippen molar-refractivity contribution in [2.45, 2.75) is 63.5 Å². The van der Waals surface area contributed by atoms with Crippen LogP contribution < -0.4 is 0 Å². The number of rotatable bonds is 1. The maximum atomic E-state index is 9.90. The van der Waals surface area contributed by atoms with Crippen molar-refractivity contribution in [3.05, 3.63) is 17.7 Å². The molecule has 16 heavy (non-hydrogen) atoms. The highest BCUT2D eigenvalue weighted by atomic mass is 16.3. The number of hydrogen-bond acceptors (Lipinski definition) is 2. The smallest absolute Gasteiger partial charge is 0.131 e. The summed E-state index contributed by atoms with van der Waals surface area (Å²) in [5.41, 5.74) is 1.23. The van der Waals surface area contributed by atoms with Crippen molar-refractivity contribution < 1.29 is 5.11 Å². The second-order valence-electron chi connectivity index (χ2n) is 5.20. The zero-order valence-corrected chi connectivity index (χ0v) is 9.73. The molecule has 3 rings (SSSR count). The molecule has 1 saturated carbocycles. The van der Waals surface area contributed by atoms with Crippen molar-refractivity contribution in [2.75, 3.05) is 0 Å². The topological polar surface area (TPSA) is 38.1 Å². The normalized spacial score (nSPS) is 26.7. The van der Waals surface area contributed by atoms with Crippen LogP contribution in [-0.2, 0) is 6.42 Å². The first-order chi connectivity index (χ1) is 7.84. The average molecular weight is 220 g/mol. The summed E-state index contributed by atoms with van der Waals surface area (Å²) in [6.07, 6.45) is 11.4. The Labute approximate surface area is 96.5 Å². The van der Waals surface area contributed by atoms with Crippen LogP contribution in [0.4, 0.5) is 0 Å². The number of nitrogens with zero attached hydrogens (tertiary/aromatic N) is 2. The number of imidazole rings is 1. The van der Waals surface area contributed by atoms with Crippen LogP contribution in [0.25, 0.3) is 0 Å². The molecule has 0 saturated heterocycles. The fourth-order valence-corrected chi connectivity index (χ4v) is 3.07. The summed E-state index contributed by atoms with van der Waals surface area (Å²) in [4.78, 5) is 4.73. The Kier molecular flexibility index (Phi) is 2.72. The van der Waals surface area contributed by atoms with E-state index in [0.29, 0.717) is 5.92 Å². The molecule has 1 aliphatic heterocycles. The van der Waals surface area contributed by atoms with Crippen LogP contribution in [0.2, 0.25) is 0 Å². The van der Waals surface area contributed by atoms with E-state index in [9.17, 15) is 5.11 Å². The molecule has 1 unspecified atom stereocenters. The summed E-state index contributed by atoms with van der Waals surface area (Å²) < 4.78 is 1.99. The standard InChI is InChI=1S/C13H20N2O/c16-13-8-4-7-12-14-11(9-15(12)13)10-5-2-1-3-6-10/h9-10,13,16H,1-8H2. The third kappa shape index (κ3) is 1.77. The van der Waals surface area contributed by atoms with Gasteiger partial charge in [0, 0.05) is 18.5 Å². The third-order valence-electron chi connectivity index (χ3n) is 4.03. The van der Waals surface area contributed by atoms with Gasteiger partial charge in [-0.25, -0.2) is 4.98 Å². The summed E-state index contributed by atoms with van der Waals surface area (Å²) in [5, 5.41) is 9.90. The molecular weight excluding hydrogens is 200 g/mol. The average Bonchev–Trinajstić information content (AvgIpc) is 2.76. The molecular formula is C13H20N2O. The Morgan fingerprint density at radius 1 is 1.12 bits per heavy atom. The number of aliphatic hydroxyl groups is 1. The fourth-order valence-electron chi connectivity index (χ4n) is 3.07. The van der Waals surface area contributed by atoms with Gasteiger partial charge in [-0.3, -0.25) is 0 Å². The number of aliphatic hydroxyl groups excluding tert-OH is 1. The molecule has 1 aromatic rings. The van der Waals surface area contributed by atoms with Crippen molar-refractivity contribution in [1.29, 1.82) is 0 Å². The van der Waals surface area contributed by atoms with Gasteiger partial charge in [0.15, 0.2) is 0 Å². The molecule has 0 spiro atoms. The minimum Gasteiger partial charge on any atom is -0.373 e. The van der Waals surface area contributed by atoms with Gasteiger partial charge in [-0.15, -0.1) is 0 Å². The van der Waals surface area contributed by atoms with Crippen LogP contribution in [-0.4, -0.2) is 14.7 Å². The largest absolute Gasteiger partial charge is 0.373 e. The lowest BCUT2D eigenvalue weighted by Gasteiger charge is -2.20. The highest BCUT2D eigenvalue weighted by Crippen LogP contribution is 2.33. The third-order valence-corrected chi connectivity index (χ3v) is 4.03. The van der Waals surface area contributed by atoms with Crippen molar-refractivity contribution >= 4 is 0 Å². The van der Waals surface area contributed by atoms with Crippen molar-refractivity contribution in [1.82, 2.24) is 9.55 Å². The Balaban J connectivity index is 1.85. The van der Waals surface area contributed by atoms with Crippen molar-refractivity contribution in [3.63, 3.8) is 0 Å². The summed E-state index contributed by atoms with van der Waals surface area (Å²) in [5.74, 6) is 1.75. The molecule has 1 aromatic heterocycles. The zero-order valence-electron chi connectivity index (χ0n) is 9.73. The molecule has 0 amide bonds. The summed E-state index contributed by atoms with van der Waals surface area (Å²) in [7, 11) is 0. The van der Waals surface area contributed by atoms with Crippen molar-refractivity contribution in [3.8, 4) is 0 Å². The highest BCUT2D eigenvalue weighted by Gasteiger charge is 2.23. The minimum absolute atomic E-state index is 0.325. The monoisotopic (exact) mass is 220 g/mol. The van der Waals surface area contributed by atoms with Crippen LogP contribution in [0.3, 0.4) is 0 Å². The molecule has 1 aliphatic carbocycles. The second-order valence-corrected chi connectivity index (χ2v) is 5.20. The van der Waals surface area contributed by atoms with E-state index in [-0.39, 0.29) is 6.23 Å². The fraction of sp³-hybridized carbons (Fsp3) is 0.769. The molecule has 88 valence electrons. The van der Waals surface area contributed by atoms with Crippen LogP contribution in [0, 0.1) is 0 Å². The second kappa shape index (κ2) is 4.21.